The van der Waals surface area contributed by atoms with E-state index in [1.54, 1.807) is 18.2 Å². The molecule has 2 atom stereocenters. The van der Waals surface area contributed by atoms with Crippen molar-refractivity contribution in [2.45, 2.75) is 45.1 Å². The van der Waals surface area contributed by atoms with Crippen molar-refractivity contribution in [1.82, 2.24) is 5.32 Å². The van der Waals surface area contributed by atoms with Gasteiger partial charge in [0.25, 0.3) is 0 Å². The molecule has 1 amide bonds. The first-order chi connectivity index (χ1) is 11.1. The molecule has 0 bridgehead atoms. The molecule has 0 aromatic heterocycles. The quantitative estimate of drug-likeness (QED) is 0.555. The maximum atomic E-state index is 12.0. The lowest BCUT2D eigenvalue weighted by Gasteiger charge is -2.19. The van der Waals surface area contributed by atoms with Crippen LogP contribution in [0.3, 0.4) is 0 Å². The van der Waals surface area contributed by atoms with E-state index in [1.807, 2.05) is 6.07 Å². The first kappa shape index (κ1) is 20.5. The number of Topliss-reactive ketones (excluding diaryl/α,β-unsaturated/α-hetero) is 1. The van der Waals surface area contributed by atoms with Crippen molar-refractivity contribution in [3.63, 3.8) is 0 Å². The fourth-order valence-electron chi connectivity index (χ4n) is 3.02. The second-order valence-corrected chi connectivity index (χ2v) is 6.14. The average Bonchev–Trinajstić information content (AvgIpc) is 2.99. The molecule has 1 aromatic carbocycles. The Morgan fingerprint density at radius 3 is 2.83 bits per heavy atom. The van der Waals surface area contributed by atoms with Gasteiger partial charge in [0, 0.05) is 18.0 Å². The summed E-state index contributed by atoms with van der Waals surface area (Å²) in [5.41, 5.74) is 6.36. The van der Waals surface area contributed by atoms with Gasteiger partial charge in [-0.1, -0.05) is 18.6 Å². The van der Waals surface area contributed by atoms with E-state index in [9.17, 15) is 9.59 Å². The predicted octanol–water partition coefficient (Wildman–Crippen LogP) is 2.71. The molecule has 134 valence electrons. The Bertz CT molecular complexity index is 551. The summed E-state index contributed by atoms with van der Waals surface area (Å²) >= 11 is 0. The Balaban J connectivity index is 0.00000288. The monoisotopic (exact) mass is 354 g/mol. The summed E-state index contributed by atoms with van der Waals surface area (Å²) in [6.07, 6.45) is 4.37. The molecule has 2 unspecified atom stereocenters. The summed E-state index contributed by atoms with van der Waals surface area (Å²) in [4.78, 5) is 23.3. The van der Waals surface area contributed by atoms with Crippen LogP contribution in [-0.2, 0) is 4.79 Å². The second kappa shape index (κ2) is 10.3. The minimum Gasteiger partial charge on any atom is -0.494 e. The molecule has 1 aromatic rings. The molecule has 1 saturated carbocycles. The van der Waals surface area contributed by atoms with Crippen molar-refractivity contribution in [3.05, 3.63) is 29.8 Å². The van der Waals surface area contributed by atoms with Gasteiger partial charge in [0.05, 0.1) is 6.61 Å². The van der Waals surface area contributed by atoms with E-state index in [1.165, 1.54) is 6.92 Å². The molecule has 0 spiro atoms. The van der Waals surface area contributed by atoms with Gasteiger partial charge in [0.15, 0.2) is 5.78 Å². The maximum Gasteiger partial charge on any atom is 0.220 e. The lowest BCUT2D eigenvalue weighted by atomic mass is 10.0. The van der Waals surface area contributed by atoms with Crippen LogP contribution in [0.15, 0.2) is 24.3 Å². The standard InChI is InChI=1S/C18H26N2O3.ClH/c1-13(21)14-5-2-7-16(11-14)23-10-4-9-18(22)20-17-8-3-6-15(17)12-19;/h2,5,7,11,15,17H,3-4,6,8-10,12,19H2,1H3,(H,20,22);1H. The predicted molar refractivity (Wildman–Crippen MR) is 96.7 cm³/mol. The van der Waals surface area contributed by atoms with Crippen molar-refractivity contribution >= 4 is 24.1 Å². The summed E-state index contributed by atoms with van der Waals surface area (Å²) in [5, 5.41) is 3.08. The highest BCUT2D eigenvalue weighted by molar-refractivity contribution is 5.94. The van der Waals surface area contributed by atoms with Crippen LogP contribution in [0.2, 0.25) is 0 Å². The van der Waals surface area contributed by atoms with Gasteiger partial charge in [-0.15, -0.1) is 12.4 Å². The average molecular weight is 355 g/mol. The van der Waals surface area contributed by atoms with Crippen LogP contribution in [0.5, 0.6) is 5.75 Å². The Labute approximate surface area is 149 Å². The summed E-state index contributed by atoms with van der Waals surface area (Å²) in [7, 11) is 0. The molecule has 1 aliphatic rings. The maximum absolute atomic E-state index is 12.0. The van der Waals surface area contributed by atoms with E-state index in [-0.39, 0.29) is 30.1 Å². The number of hydrogen-bond donors (Lipinski definition) is 2. The highest BCUT2D eigenvalue weighted by Crippen LogP contribution is 2.24. The lowest BCUT2D eigenvalue weighted by molar-refractivity contribution is -0.122. The minimum absolute atomic E-state index is 0. The Morgan fingerprint density at radius 2 is 2.12 bits per heavy atom. The van der Waals surface area contributed by atoms with Gasteiger partial charge >= 0.3 is 0 Å². The number of benzene rings is 1. The number of nitrogens with one attached hydrogen (secondary N) is 1. The molecule has 5 nitrogen and oxygen atoms in total. The molecule has 1 fully saturated rings. The number of ketones is 1. The first-order valence-corrected chi connectivity index (χ1v) is 8.33. The molecule has 24 heavy (non-hydrogen) atoms. The topological polar surface area (TPSA) is 81.4 Å². The summed E-state index contributed by atoms with van der Waals surface area (Å²) < 4.78 is 5.61. The van der Waals surface area contributed by atoms with Gasteiger partial charge in [0.1, 0.15) is 5.75 Å². The van der Waals surface area contributed by atoms with E-state index in [0.717, 1.165) is 19.3 Å². The Kier molecular flexibility index (Phi) is 8.79. The van der Waals surface area contributed by atoms with Gasteiger partial charge in [-0.05, 0) is 50.8 Å². The van der Waals surface area contributed by atoms with Crippen LogP contribution in [0.25, 0.3) is 0 Å². The van der Waals surface area contributed by atoms with Crippen LogP contribution in [0, 0.1) is 5.92 Å². The van der Waals surface area contributed by atoms with E-state index in [2.05, 4.69) is 5.32 Å². The van der Waals surface area contributed by atoms with Gasteiger partial charge in [-0.25, -0.2) is 0 Å². The molecule has 0 aliphatic heterocycles. The van der Waals surface area contributed by atoms with Crippen molar-refractivity contribution in [2.24, 2.45) is 11.7 Å². The summed E-state index contributed by atoms with van der Waals surface area (Å²) in [6, 6.07) is 7.34. The van der Waals surface area contributed by atoms with Crippen LogP contribution < -0.4 is 15.8 Å². The van der Waals surface area contributed by atoms with Crippen molar-refractivity contribution < 1.29 is 14.3 Å². The van der Waals surface area contributed by atoms with Crippen LogP contribution in [0.1, 0.15) is 49.4 Å². The zero-order valence-electron chi connectivity index (χ0n) is 14.1. The number of nitrogens with two attached hydrogens (primary N) is 1. The molecule has 0 heterocycles. The number of amides is 1. The van der Waals surface area contributed by atoms with Crippen LogP contribution in [0.4, 0.5) is 0 Å². The van der Waals surface area contributed by atoms with Crippen molar-refractivity contribution in [2.75, 3.05) is 13.2 Å². The third-order valence-corrected chi connectivity index (χ3v) is 4.37. The van der Waals surface area contributed by atoms with Gasteiger partial charge in [-0.2, -0.15) is 0 Å². The van der Waals surface area contributed by atoms with Crippen LogP contribution in [-0.4, -0.2) is 30.9 Å². The van der Waals surface area contributed by atoms with Crippen LogP contribution >= 0.6 is 12.4 Å². The largest absolute Gasteiger partial charge is 0.494 e. The number of halogens is 1. The van der Waals surface area contributed by atoms with Gasteiger partial charge in [0.2, 0.25) is 5.91 Å². The summed E-state index contributed by atoms with van der Waals surface area (Å²) in [5.74, 6) is 1.17. The smallest absolute Gasteiger partial charge is 0.220 e. The molecule has 6 heteroatoms. The van der Waals surface area contributed by atoms with E-state index < -0.39 is 0 Å². The first-order valence-electron chi connectivity index (χ1n) is 8.33. The normalized spacial score (nSPS) is 19.4. The zero-order valence-corrected chi connectivity index (χ0v) is 14.9. The van der Waals surface area contributed by atoms with Crippen molar-refractivity contribution in [1.29, 1.82) is 0 Å². The second-order valence-electron chi connectivity index (χ2n) is 6.14. The number of ether oxygens (including phenoxy) is 1. The molecule has 0 radical (unpaired) electrons. The number of rotatable bonds is 8. The lowest BCUT2D eigenvalue weighted by Crippen LogP contribution is -2.39. The zero-order chi connectivity index (χ0) is 16.7. The van der Waals surface area contributed by atoms with Gasteiger partial charge in [-0.3, -0.25) is 9.59 Å². The third kappa shape index (κ3) is 6.13. The molecule has 0 saturated heterocycles. The Morgan fingerprint density at radius 1 is 1.33 bits per heavy atom. The van der Waals surface area contributed by atoms with E-state index in [0.29, 0.717) is 43.2 Å². The third-order valence-electron chi connectivity index (χ3n) is 4.37. The fraction of sp³-hybridized carbons (Fsp3) is 0.556. The molecular formula is C18H27ClN2O3. The molecular weight excluding hydrogens is 328 g/mol. The minimum atomic E-state index is 0. The number of carbonyl (C=O) groups is 2. The Hall–Kier alpha value is -1.59. The SMILES string of the molecule is CC(=O)c1cccc(OCCCC(=O)NC2CCCC2CN)c1.Cl. The highest BCUT2D eigenvalue weighted by atomic mass is 35.5. The van der Waals surface area contributed by atoms with E-state index in [4.69, 9.17) is 10.5 Å². The highest BCUT2D eigenvalue weighted by Gasteiger charge is 2.26. The summed E-state index contributed by atoms with van der Waals surface area (Å²) in [6.45, 7) is 2.63. The fourth-order valence-corrected chi connectivity index (χ4v) is 3.02. The van der Waals surface area contributed by atoms with Gasteiger partial charge < -0.3 is 15.8 Å². The molecule has 1 aliphatic carbocycles. The number of hydrogen-bond acceptors (Lipinski definition) is 4. The molecule has 2 rings (SSSR count). The number of carbonyl (C=O) groups excluding carboxylic acids is 2. The molecule has 3 N–H and O–H groups in total. The van der Waals surface area contributed by atoms with E-state index >= 15 is 0 Å². The van der Waals surface area contributed by atoms with Crippen molar-refractivity contribution in [3.8, 4) is 5.75 Å².